The van der Waals surface area contributed by atoms with Crippen LogP contribution in [0, 0.1) is 17.0 Å². The van der Waals surface area contributed by atoms with Crippen molar-refractivity contribution in [3.05, 3.63) is 101 Å². The lowest BCUT2D eigenvalue weighted by Crippen LogP contribution is -2.23. The Bertz CT molecular complexity index is 1810. The number of furan rings is 2. The van der Waals surface area contributed by atoms with Crippen molar-refractivity contribution in [3.63, 3.8) is 0 Å². The van der Waals surface area contributed by atoms with Gasteiger partial charge in [0.15, 0.2) is 0 Å². The van der Waals surface area contributed by atoms with Crippen LogP contribution in [0.25, 0.3) is 43.8 Å². The molecule has 0 radical (unpaired) electrons. The van der Waals surface area contributed by atoms with Crippen LogP contribution in [0.5, 0.6) is 0 Å². The second-order valence-electron chi connectivity index (χ2n) is 8.55. The summed E-state index contributed by atoms with van der Waals surface area (Å²) in [5.41, 5.74) is 9.29. The number of amidine groups is 1. The van der Waals surface area contributed by atoms with E-state index in [9.17, 15) is 13.6 Å². The van der Waals surface area contributed by atoms with E-state index >= 15 is 0 Å². The molecule has 0 saturated carbocycles. The molecule has 0 saturated heterocycles. The van der Waals surface area contributed by atoms with Gasteiger partial charge < -0.3 is 15.5 Å². The third-order valence-corrected chi connectivity index (χ3v) is 6.30. The maximum absolute atomic E-state index is 14.4. The van der Waals surface area contributed by atoms with Gasteiger partial charge in [0.05, 0.1) is 0 Å². The van der Waals surface area contributed by atoms with E-state index in [4.69, 9.17) is 15.6 Å². The van der Waals surface area contributed by atoms with Gasteiger partial charge in [0.2, 0.25) is 0 Å². The topological polar surface area (TPSA) is 105 Å². The van der Waals surface area contributed by atoms with Crippen molar-refractivity contribution in [3.8, 4) is 11.1 Å². The van der Waals surface area contributed by atoms with Gasteiger partial charge in [-0.2, -0.15) is 0 Å². The van der Waals surface area contributed by atoms with E-state index < -0.39 is 11.6 Å². The van der Waals surface area contributed by atoms with Crippen molar-refractivity contribution >= 4 is 44.5 Å². The number of pyridine rings is 1. The lowest BCUT2D eigenvalue weighted by molar-refractivity contribution is 0.0946. The Hall–Kier alpha value is -4.85. The molecule has 0 spiro atoms. The van der Waals surface area contributed by atoms with Crippen LogP contribution >= 0.6 is 0 Å². The maximum atomic E-state index is 14.4. The minimum atomic E-state index is -0.642. The molecule has 0 aliphatic rings. The van der Waals surface area contributed by atoms with Gasteiger partial charge in [-0.05, 0) is 41.5 Å². The second kappa shape index (κ2) is 8.13. The van der Waals surface area contributed by atoms with Crippen LogP contribution in [-0.4, -0.2) is 16.7 Å². The smallest absolute Gasteiger partial charge is 0.270 e. The molecule has 0 fully saturated rings. The van der Waals surface area contributed by atoms with Crippen molar-refractivity contribution in [2.45, 2.75) is 6.54 Å². The standard InChI is InChI=1S/C28H18F2N4O2/c29-17-6-8-18(23(30)10-17)16-5-7-19-20(9-16)26-21-11-24(33-13-22(21)25(19)36-26)28(35)34-12-14-1-3-15(4-2-14)27(31)32/h1-11,13H,12H2,(H3,31,32)(H,34,35). The fraction of sp³-hybridized carbons (Fsp3) is 0.0357. The van der Waals surface area contributed by atoms with Crippen LogP contribution in [0.3, 0.4) is 0 Å². The normalized spacial score (nSPS) is 11.5. The lowest BCUT2D eigenvalue weighted by Gasteiger charge is -2.07. The maximum Gasteiger partial charge on any atom is 0.270 e. The van der Waals surface area contributed by atoms with Gasteiger partial charge in [-0.1, -0.05) is 30.3 Å². The highest BCUT2D eigenvalue weighted by Gasteiger charge is 2.20. The molecule has 3 heterocycles. The zero-order chi connectivity index (χ0) is 25.0. The molecule has 3 aromatic heterocycles. The van der Waals surface area contributed by atoms with Crippen LogP contribution in [0.4, 0.5) is 8.78 Å². The highest BCUT2D eigenvalue weighted by atomic mass is 19.1. The van der Waals surface area contributed by atoms with E-state index in [1.165, 1.54) is 12.1 Å². The molecular formula is C28H18F2N4O2. The lowest BCUT2D eigenvalue weighted by atomic mass is 9.98. The fourth-order valence-corrected chi connectivity index (χ4v) is 4.46. The molecule has 0 atom stereocenters. The molecule has 176 valence electrons. The molecule has 6 nitrogen and oxygen atoms in total. The number of carbonyl (C=O) groups excluding carboxylic acids is 1. The van der Waals surface area contributed by atoms with Crippen molar-refractivity contribution in [2.24, 2.45) is 5.73 Å². The van der Waals surface area contributed by atoms with Gasteiger partial charge in [-0.15, -0.1) is 0 Å². The van der Waals surface area contributed by atoms with E-state index in [-0.39, 0.29) is 24.0 Å². The summed E-state index contributed by atoms with van der Waals surface area (Å²) in [6.07, 6.45) is 1.62. The minimum Gasteiger partial charge on any atom is -0.455 e. The first-order chi connectivity index (χ1) is 17.4. The number of amides is 1. The van der Waals surface area contributed by atoms with Crippen LogP contribution < -0.4 is 11.1 Å². The molecule has 8 heteroatoms. The number of halogens is 2. The number of aromatic nitrogens is 1. The predicted molar refractivity (Wildman–Crippen MR) is 134 cm³/mol. The number of hydrogen-bond acceptors (Lipinski definition) is 4. The molecule has 0 aliphatic heterocycles. The monoisotopic (exact) mass is 480 g/mol. The Morgan fingerprint density at radius 2 is 1.67 bits per heavy atom. The molecule has 0 unspecified atom stereocenters. The molecule has 6 rings (SSSR count). The van der Waals surface area contributed by atoms with Gasteiger partial charge in [0.1, 0.15) is 34.3 Å². The summed E-state index contributed by atoms with van der Waals surface area (Å²) in [4.78, 5) is 17.1. The Morgan fingerprint density at radius 3 is 2.42 bits per heavy atom. The third kappa shape index (κ3) is 3.51. The molecule has 6 aromatic rings. The average molecular weight is 480 g/mol. The van der Waals surface area contributed by atoms with Crippen molar-refractivity contribution in [1.29, 1.82) is 5.41 Å². The SMILES string of the molecule is N=C(N)c1ccc(CNC(=O)c2cc3c(cn2)c2oc3c3cc(-c4ccc(F)cc4F)ccc32)cc1. The Balaban J connectivity index is 1.32. The quantitative estimate of drug-likeness (QED) is 0.166. The summed E-state index contributed by atoms with van der Waals surface area (Å²) in [5.74, 6) is -1.64. The first kappa shape index (κ1) is 21.7. The van der Waals surface area contributed by atoms with Crippen LogP contribution in [0.2, 0.25) is 0 Å². The summed E-state index contributed by atoms with van der Waals surface area (Å²) in [5, 5.41) is 13.5. The molecule has 3 aromatic carbocycles. The van der Waals surface area contributed by atoms with E-state index in [0.717, 1.165) is 33.2 Å². The molecular weight excluding hydrogens is 462 g/mol. The summed E-state index contributed by atoms with van der Waals surface area (Å²) in [6, 6.07) is 17.6. The number of fused-ring (bicyclic) bond motifs is 8. The molecule has 1 amide bonds. The van der Waals surface area contributed by atoms with Crippen LogP contribution in [0.15, 0.2) is 77.3 Å². The zero-order valence-corrected chi connectivity index (χ0v) is 18.7. The van der Waals surface area contributed by atoms with E-state index in [2.05, 4.69) is 10.3 Å². The Kier molecular flexibility index (Phi) is 4.89. The van der Waals surface area contributed by atoms with E-state index in [0.29, 0.717) is 27.9 Å². The number of nitrogens with zero attached hydrogens (tertiary/aromatic N) is 1. The predicted octanol–water partition coefficient (Wildman–Crippen LogP) is 5.73. The second-order valence-corrected chi connectivity index (χ2v) is 8.55. The number of carbonyl (C=O) groups is 1. The summed E-state index contributed by atoms with van der Waals surface area (Å²) < 4.78 is 33.7. The molecule has 2 bridgehead atoms. The molecule has 0 aliphatic carbocycles. The first-order valence-corrected chi connectivity index (χ1v) is 11.1. The van der Waals surface area contributed by atoms with Gasteiger partial charge >= 0.3 is 0 Å². The first-order valence-electron chi connectivity index (χ1n) is 11.1. The van der Waals surface area contributed by atoms with Crippen LogP contribution in [0.1, 0.15) is 21.6 Å². The Labute approximate surface area is 203 Å². The highest BCUT2D eigenvalue weighted by Crippen LogP contribution is 2.42. The van der Waals surface area contributed by atoms with Gasteiger partial charge in [0, 0.05) is 51.5 Å². The largest absolute Gasteiger partial charge is 0.455 e. The molecule has 36 heavy (non-hydrogen) atoms. The zero-order valence-electron chi connectivity index (χ0n) is 18.7. The van der Waals surface area contributed by atoms with Crippen molar-refractivity contribution in [1.82, 2.24) is 10.3 Å². The number of rotatable bonds is 5. The van der Waals surface area contributed by atoms with Gasteiger partial charge in [0.25, 0.3) is 5.91 Å². The van der Waals surface area contributed by atoms with E-state index in [1.54, 1.807) is 42.6 Å². The third-order valence-electron chi connectivity index (χ3n) is 6.30. The van der Waals surface area contributed by atoms with Crippen molar-refractivity contribution < 1.29 is 18.0 Å². The van der Waals surface area contributed by atoms with Gasteiger partial charge in [-0.25, -0.2) is 8.78 Å². The van der Waals surface area contributed by atoms with Crippen LogP contribution in [-0.2, 0) is 6.54 Å². The summed E-state index contributed by atoms with van der Waals surface area (Å²) in [7, 11) is 0. The number of nitrogens with two attached hydrogens (primary N) is 1. The van der Waals surface area contributed by atoms with Gasteiger partial charge in [-0.3, -0.25) is 15.2 Å². The number of hydrogen-bond donors (Lipinski definition) is 3. The minimum absolute atomic E-state index is 0.0173. The average Bonchev–Trinajstić information content (AvgIpc) is 3.44. The number of nitrogen functional groups attached to an aromatic ring is 1. The number of nitrogens with one attached hydrogen (secondary N) is 2. The summed E-state index contributed by atoms with van der Waals surface area (Å²) >= 11 is 0. The molecule has 4 N–H and O–H groups in total. The van der Waals surface area contributed by atoms with Crippen molar-refractivity contribution in [2.75, 3.05) is 0 Å². The van der Waals surface area contributed by atoms with E-state index in [1.807, 2.05) is 12.1 Å². The fourth-order valence-electron chi connectivity index (χ4n) is 4.46. The summed E-state index contributed by atoms with van der Waals surface area (Å²) in [6.45, 7) is 0.287. The highest BCUT2D eigenvalue weighted by molar-refractivity contribution is 6.26. The Morgan fingerprint density at radius 1 is 0.917 bits per heavy atom. The number of benzene rings is 4.